The maximum atomic E-state index is 9.55. The number of hydrogen-bond donors (Lipinski definition) is 1. The zero-order valence-electron chi connectivity index (χ0n) is 14.5. The van der Waals surface area contributed by atoms with E-state index in [1.165, 1.54) is 0 Å². The average Bonchev–Trinajstić information content (AvgIpc) is 2.63. The largest absolute Gasteiger partial charge is 0.497 e. The number of nitriles is 1. The van der Waals surface area contributed by atoms with Gasteiger partial charge in [-0.25, -0.2) is 4.98 Å². The fourth-order valence-electron chi connectivity index (χ4n) is 2.85. The van der Waals surface area contributed by atoms with Gasteiger partial charge in [-0.15, -0.1) is 0 Å². The van der Waals surface area contributed by atoms with Crippen molar-refractivity contribution in [3.05, 3.63) is 65.2 Å². The number of nitrogen functional groups attached to an aromatic ring is 1. The molecule has 3 rings (SSSR count). The van der Waals surface area contributed by atoms with Gasteiger partial charge < -0.3 is 10.5 Å². The highest BCUT2D eigenvalue weighted by atomic mass is 16.5. The first-order chi connectivity index (χ1) is 12.0. The van der Waals surface area contributed by atoms with Crippen LogP contribution in [0.25, 0.3) is 22.4 Å². The number of pyridine rings is 1. The second kappa shape index (κ2) is 6.66. The van der Waals surface area contributed by atoms with Gasteiger partial charge in [-0.1, -0.05) is 29.8 Å². The predicted molar refractivity (Wildman–Crippen MR) is 100 cm³/mol. The van der Waals surface area contributed by atoms with Gasteiger partial charge in [-0.2, -0.15) is 5.26 Å². The second-order valence-corrected chi connectivity index (χ2v) is 5.98. The third-order valence-corrected chi connectivity index (χ3v) is 4.21. The lowest BCUT2D eigenvalue weighted by Crippen LogP contribution is -2.00. The fraction of sp³-hybridized carbons (Fsp3) is 0.143. The number of anilines is 1. The molecular formula is C21H19N3O. The van der Waals surface area contributed by atoms with E-state index in [2.05, 4.69) is 29.3 Å². The molecule has 2 N–H and O–H groups in total. The lowest BCUT2D eigenvalue weighted by molar-refractivity contribution is 0.415. The first-order valence-electron chi connectivity index (χ1n) is 7.96. The van der Waals surface area contributed by atoms with E-state index >= 15 is 0 Å². The highest BCUT2D eigenvalue weighted by Crippen LogP contribution is 2.33. The van der Waals surface area contributed by atoms with Gasteiger partial charge in [0.2, 0.25) is 0 Å². The molecule has 0 bridgehead atoms. The number of aromatic nitrogens is 1. The molecule has 4 heteroatoms. The normalized spacial score (nSPS) is 10.3. The molecule has 0 radical (unpaired) electrons. The summed E-state index contributed by atoms with van der Waals surface area (Å²) in [6, 6.07) is 17.9. The molecule has 0 amide bonds. The quantitative estimate of drug-likeness (QED) is 0.768. The van der Waals surface area contributed by atoms with Gasteiger partial charge in [-0.3, -0.25) is 0 Å². The number of hydrogen-bond acceptors (Lipinski definition) is 4. The molecule has 1 heterocycles. The number of ether oxygens (including phenoxy) is 1. The van der Waals surface area contributed by atoms with Gasteiger partial charge in [0, 0.05) is 11.1 Å². The summed E-state index contributed by atoms with van der Waals surface area (Å²) in [6.45, 7) is 4.08. The summed E-state index contributed by atoms with van der Waals surface area (Å²) in [5.74, 6) is 0.962. The lowest BCUT2D eigenvalue weighted by Gasteiger charge is -2.13. The zero-order valence-corrected chi connectivity index (χ0v) is 14.5. The van der Waals surface area contributed by atoms with Gasteiger partial charge in [0.25, 0.3) is 0 Å². The molecule has 124 valence electrons. The third-order valence-electron chi connectivity index (χ3n) is 4.21. The Labute approximate surface area is 147 Å². The molecule has 0 aliphatic rings. The Kier molecular flexibility index (Phi) is 4.40. The second-order valence-electron chi connectivity index (χ2n) is 5.98. The maximum Gasteiger partial charge on any atom is 0.142 e. The molecule has 0 atom stereocenters. The van der Waals surface area contributed by atoms with E-state index in [-0.39, 0.29) is 5.82 Å². The van der Waals surface area contributed by atoms with Gasteiger partial charge in [-0.05, 0) is 49.2 Å². The van der Waals surface area contributed by atoms with Gasteiger partial charge in [0.15, 0.2) is 0 Å². The van der Waals surface area contributed by atoms with Crippen molar-refractivity contribution < 1.29 is 4.74 Å². The Balaban J connectivity index is 2.26. The fourth-order valence-corrected chi connectivity index (χ4v) is 2.85. The van der Waals surface area contributed by atoms with Crippen LogP contribution in [0.15, 0.2) is 48.5 Å². The van der Waals surface area contributed by atoms with Crippen molar-refractivity contribution in [2.45, 2.75) is 13.8 Å². The molecule has 0 unspecified atom stereocenters. The summed E-state index contributed by atoms with van der Waals surface area (Å²) in [5.41, 5.74) is 12.1. The van der Waals surface area contributed by atoms with E-state index in [0.717, 1.165) is 39.3 Å². The summed E-state index contributed by atoms with van der Waals surface area (Å²) >= 11 is 0. The highest BCUT2D eigenvalue weighted by molar-refractivity contribution is 5.81. The number of benzene rings is 2. The van der Waals surface area contributed by atoms with Crippen LogP contribution in [0.2, 0.25) is 0 Å². The Morgan fingerprint density at radius 3 is 2.56 bits per heavy atom. The van der Waals surface area contributed by atoms with E-state index in [1.54, 1.807) is 7.11 Å². The van der Waals surface area contributed by atoms with Crippen LogP contribution < -0.4 is 10.5 Å². The zero-order chi connectivity index (χ0) is 18.0. The summed E-state index contributed by atoms with van der Waals surface area (Å²) in [6.07, 6.45) is 0. The molecule has 0 aliphatic heterocycles. The van der Waals surface area contributed by atoms with Crippen LogP contribution in [0.5, 0.6) is 5.75 Å². The van der Waals surface area contributed by atoms with Gasteiger partial charge >= 0.3 is 0 Å². The molecule has 0 fully saturated rings. The van der Waals surface area contributed by atoms with Crippen molar-refractivity contribution in [1.29, 1.82) is 5.26 Å². The molecule has 0 saturated heterocycles. The summed E-state index contributed by atoms with van der Waals surface area (Å²) < 4.78 is 5.30. The smallest absolute Gasteiger partial charge is 0.142 e. The van der Waals surface area contributed by atoms with Crippen LogP contribution >= 0.6 is 0 Å². The minimum Gasteiger partial charge on any atom is -0.497 e. The molecule has 1 aromatic heterocycles. The molecule has 2 aromatic carbocycles. The molecular weight excluding hydrogens is 310 g/mol. The topological polar surface area (TPSA) is 71.9 Å². The molecule has 25 heavy (non-hydrogen) atoms. The molecule has 0 aliphatic carbocycles. The number of aryl methyl sites for hydroxylation is 2. The minimum absolute atomic E-state index is 0.235. The number of methoxy groups -OCH3 is 1. The van der Waals surface area contributed by atoms with E-state index in [9.17, 15) is 5.26 Å². The average molecular weight is 329 g/mol. The lowest BCUT2D eigenvalue weighted by atomic mass is 9.96. The Bertz CT molecular complexity index is 987. The molecule has 3 aromatic rings. The number of nitrogens with two attached hydrogens (primary N) is 1. The predicted octanol–water partition coefficient (Wildman–Crippen LogP) is 4.49. The third kappa shape index (κ3) is 3.17. The monoisotopic (exact) mass is 329 g/mol. The Morgan fingerprint density at radius 2 is 1.84 bits per heavy atom. The van der Waals surface area contributed by atoms with E-state index < -0.39 is 0 Å². The minimum atomic E-state index is 0.235. The van der Waals surface area contributed by atoms with Crippen molar-refractivity contribution in [1.82, 2.24) is 4.98 Å². The van der Waals surface area contributed by atoms with Crippen LogP contribution in [0.1, 0.15) is 16.7 Å². The summed E-state index contributed by atoms with van der Waals surface area (Å²) in [4.78, 5) is 4.47. The number of nitrogens with zero attached hydrogens (tertiary/aromatic N) is 2. The Morgan fingerprint density at radius 1 is 1.04 bits per heavy atom. The molecule has 0 spiro atoms. The van der Waals surface area contributed by atoms with Gasteiger partial charge in [0.05, 0.1) is 12.8 Å². The first kappa shape index (κ1) is 16.5. The van der Waals surface area contributed by atoms with Crippen molar-refractivity contribution in [3.63, 3.8) is 0 Å². The van der Waals surface area contributed by atoms with Gasteiger partial charge in [0.1, 0.15) is 23.2 Å². The van der Waals surface area contributed by atoms with Crippen molar-refractivity contribution in [2.75, 3.05) is 12.8 Å². The Hall–Kier alpha value is -3.32. The SMILES string of the molecule is COc1cccc(-c2cc(-c3cc(C)ccc3C)nc(N)c2C#N)c1. The van der Waals surface area contributed by atoms with E-state index in [0.29, 0.717) is 5.56 Å². The van der Waals surface area contributed by atoms with E-state index in [4.69, 9.17) is 10.5 Å². The number of rotatable bonds is 3. The standard InChI is InChI=1S/C21H19N3O/c1-13-7-8-14(2)17(9-13)20-11-18(19(12-22)21(23)24-20)15-5-4-6-16(10-15)25-3/h4-11H,1-3H3,(H2,23,24). The van der Waals surface area contributed by atoms with Crippen LogP contribution in [-0.4, -0.2) is 12.1 Å². The van der Waals surface area contributed by atoms with Crippen LogP contribution in [0.4, 0.5) is 5.82 Å². The first-order valence-corrected chi connectivity index (χ1v) is 7.96. The van der Waals surface area contributed by atoms with Crippen molar-refractivity contribution in [3.8, 4) is 34.2 Å². The van der Waals surface area contributed by atoms with Crippen LogP contribution in [0, 0.1) is 25.2 Å². The van der Waals surface area contributed by atoms with Crippen LogP contribution in [-0.2, 0) is 0 Å². The molecule has 4 nitrogen and oxygen atoms in total. The maximum absolute atomic E-state index is 9.55. The van der Waals surface area contributed by atoms with Crippen molar-refractivity contribution in [2.24, 2.45) is 0 Å². The highest BCUT2D eigenvalue weighted by Gasteiger charge is 2.15. The molecule has 0 saturated carbocycles. The summed E-state index contributed by atoms with van der Waals surface area (Å²) in [7, 11) is 1.62. The van der Waals surface area contributed by atoms with Crippen molar-refractivity contribution >= 4 is 5.82 Å². The summed E-state index contributed by atoms with van der Waals surface area (Å²) in [5, 5.41) is 9.55. The van der Waals surface area contributed by atoms with Crippen LogP contribution in [0.3, 0.4) is 0 Å². The van der Waals surface area contributed by atoms with E-state index in [1.807, 2.05) is 44.2 Å².